The van der Waals surface area contributed by atoms with Crippen LogP contribution in [-0.4, -0.2) is 15.7 Å². The number of hydrogen-bond acceptors (Lipinski definition) is 4. The molecule has 0 saturated heterocycles. The van der Waals surface area contributed by atoms with Crippen LogP contribution in [0.15, 0.2) is 54.7 Å². The molecule has 0 N–H and O–H groups in total. The van der Waals surface area contributed by atoms with Gasteiger partial charge in [0.05, 0.1) is 16.6 Å². The highest BCUT2D eigenvalue weighted by Gasteiger charge is 2.31. The first kappa shape index (κ1) is 14.5. The lowest BCUT2D eigenvalue weighted by molar-refractivity contribution is -0.385. The minimum atomic E-state index is -0.900. The van der Waals surface area contributed by atoms with E-state index in [1.165, 1.54) is 29.3 Å². The van der Waals surface area contributed by atoms with Crippen molar-refractivity contribution in [2.75, 3.05) is 0 Å². The predicted molar refractivity (Wildman–Crippen MR) is 83.1 cm³/mol. The van der Waals surface area contributed by atoms with Crippen LogP contribution in [0, 0.1) is 21.4 Å². The van der Waals surface area contributed by atoms with E-state index >= 15 is 0 Å². The molecule has 0 fully saturated rings. The summed E-state index contributed by atoms with van der Waals surface area (Å²) in [6.45, 7) is 0. The molecule has 1 atom stereocenters. The van der Waals surface area contributed by atoms with Crippen LogP contribution in [0.5, 0.6) is 0 Å². The number of amides is 1. The number of nitro benzene ring substituents is 1. The van der Waals surface area contributed by atoms with Gasteiger partial charge in [-0.05, 0) is 18.2 Å². The lowest BCUT2D eigenvalue weighted by atomic mass is 9.95. The highest BCUT2D eigenvalue weighted by atomic mass is 16.6. The largest absolute Gasteiger partial charge is 0.294 e. The fraction of sp³-hybridized carbons (Fsp3) is 0.0588. The van der Waals surface area contributed by atoms with Gasteiger partial charge in [0, 0.05) is 23.4 Å². The summed E-state index contributed by atoms with van der Waals surface area (Å²) in [5, 5.41) is 20.6. The van der Waals surface area contributed by atoms with Crippen LogP contribution in [0.3, 0.4) is 0 Å². The summed E-state index contributed by atoms with van der Waals surface area (Å²) in [5.41, 5.74) is 1.19. The fourth-order valence-corrected chi connectivity index (χ4v) is 2.59. The molecule has 0 saturated carbocycles. The molecular formula is C17H11N3O3. The second-order valence-corrected chi connectivity index (χ2v) is 4.96. The van der Waals surface area contributed by atoms with Gasteiger partial charge in [0.1, 0.15) is 6.04 Å². The van der Waals surface area contributed by atoms with Crippen LogP contribution >= 0.6 is 0 Å². The Morgan fingerprint density at radius 3 is 2.57 bits per heavy atom. The van der Waals surface area contributed by atoms with E-state index in [0.29, 0.717) is 16.7 Å². The molecule has 2 aromatic rings. The lowest BCUT2D eigenvalue weighted by Gasteiger charge is -2.28. The van der Waals surface area contributed by atoms with Gasteiger partial charge in [-0.25, -0.2) is 0 Å². The van der Waals surface area contributed by atoms with Crippen LogP contribution in [0.25, 0.3) is 6.08 Å². The zero-order valence-corrected chi connectivity index (χ0v) is 11.9. The SMILES string of the molecule is N#C[C@H]1c2cccc([N+](=O)[O-])c2C=CN1C(=O)c1ccccc1. The van der Waals surface area contributed by atoms with Crippen LogP contribution in [-0.2, 0) is 0 Å². The number of rotatable bonds is 2. The van der Waals surface area contributed by atoms with Gasteiger partial charge >= 0.3 is 0 Å². The fourth-order valence-electron chi connectivity index (χ4n) is 2.59. The van der Waals surface area contributed by atoms with Gasteiger partial charge < -0.3 is 0 Å². The minimum absolute atomic E-state index is 0.0780. The molecule has 1 heterocycles. The van der Waals surface area contributed by atoms with E-state index in [0.717, 1.165) is 0 Å². The molecule has 0 unspecified atom stereocenters. The summed E-state index contributed by atoms with van der Waals surface area (Å²) >= 11 is 0. The van der Waals surface area contributed by atoms with E-state index in [4.69, 9.17) is 0 Å². The van der Waals surface area contributed by atoms with E-state index in [1.54, 1.807) is 36.4 Å². The molecule has 1 amide bonds. The molecule has 2 aromatic carbocycles. The molecule has 0 aromatic heterocycles. The maximum absolute atomic E-state index is 12.6. The third kappa shape index (κ3) is 2.45. The minimum Gasteiger partial charge on any atom is -0.294 e. The zero-order valence-electron chi connectivity index (χ0n) is 11.9. The Balaban J connectivity index is 2.06. The molecule has 1 aliphatic rings. The number of carbonyl (C=O) groups excluding carboxylic acids is 1. The maximum atomic E-state index is 12.6. The maximum Gasteiger partial charge on any atom is 0.277 e. The highest BCUT2D eigenvalue weighted by Crippen LogP contribution is 2.35. The third-order valence-electron chi connectivity index (χ3n) is 3.67. The van der Waals surface area contributed by atoms with Crippen molar-refractivity contribution >= 4 is 17.7 Å². The average molecular weight is 305 g/mol. The normalized spacial score (nSPS) is 15.6. The molecule has 0 radical (unpaired) electrons. The van der Waals surface area contributed by atoms with Crippen molar-refractivity contribution in [3.05, 3.63) is 81.5 Å². The summed E-state index contributed by atoms with van der Waals surface area (Å²) < 4.78 is 0. The number of nitriles is 1. The second-order valence-electron chi connectivity index (χ2n) is 4.96. The summed E-state index contributed by atoms with van der Waals surface area (Å²) in [4.78, 5) is 24.5. The van der Waals surface area contributed by atoms with Crippen molar-refractivity contribution in [3.8, 4) is 6.07 Å². The van der Waals surface area contributed by atoms with E-state index in [9.17, 15) is 20.2 Å². The number of benzene rings is 2. The Morgan fingerprint density at radius 2 is 1.91 bits per heavy atom. The summed E-state index contributed by atoms with van der Waals surface area (Å²) in [5.74, 6) is -0.328. The van der Waals surface area contributed by atoms with Gasteiger partial charge in [-0.2, -0.15) is 5.26 Å². The second kappa shape index (κ2) is 5.73. The standard InChI is InChI=1S/C17H11N3O3/c18-11-16-13-7-4-8-15(20(22)23)14(13)9-10-19(16)17(21)12-5-2-1-3-6-12/h1-10,16H/t16-/m0/s1. The van der Waals surface area contributed by atoms with Gasteiger partial charge in [-0.3, -0.25) is 19.8 Å². The summed E-state index contributed by atoms with van der Waals surface area (Å²) in [6.07, 6.45) is 2.93. The smallest absolute Gasteiger partial charge is 0.277 e. The first-order valence-electron chi connectivity index (χ1n) is 6.86. The van der Waals surface area contributed by atoms with Crippen molar-refractivity contribution in [1.82, 2.24) is 4.90 Å². The molecule has 0 spiro atoms. The van der Waals surface area contributed by atoms with Crippen LogP contribution in [0.4, 0.5) is 5.69 Å². The first-order chi connectivity index (χ1) is 11.1. The monoisotopic (exact) mass is 305 g/mol. The predicted octanol–water partition coefficient (Wildman–Crippen LogP) is 3.29. The number of carbonyl (C=O) groups is 1. The molecule has 0 bridgehead atoms. The molecule has 23 heavy (non-hydrogen) atoms. The van der Waals surface area contributed by atoms with Crippen molar-refractivity contribution in [3.63, 3.8) is 0 Å². The van der Waals surface area contributed by atoms with E-state index in [1.807, 2.05) is 0 Å². The van der Waals surface area contributed by atoms with E-state index in [-0.39, 0.29) is 11.6 Å². The van der Waals surface area contributed by atoms with Gasteiger partial charge in [0.25, 0.3) is 11.6 Å². The number of nitro groups is 1. The molecule has 0 aliphatic carbocycles. The Kier molecular flexibility index (Phi) is 3.61. The van der Waals surface area contributed by atoms with Crippen LogP contribution in [0.1, 0.15) is 27.5 Å². The third-order valence-corrected chi connectivity index (χ3v) is 3.67. The van der Waals surface area contributed by atoms with Gasteiger partial charge in [0.2, 0.25) is 0 Å². The Labute approximate surface area is 132 Å². The number of fused-ring (bicyclic) bond motifs is 1. The van der Waals surface area contributed by atoms with Gasteiger partial charge in [-0.1, -0.05) is 30.3 Å². The first-order valence-corrected chi connectivity index (χ1v) is 6.86. The molecule has 1 aliphatic heterocycles. The molecular weight excluding hydrogens is 294 g/mol. The molecule has 3 rings (SSSR count). The average Bonchev–Trinajstić information content (AvgIpc) is 2.60. The van der Waals surface area contributed by atoms with Crippen molar-refractivity contribution in [2.24, 2.45) is 0 Å². The van der Waals surface area contributed by atoms with Gasteiger partial charge in [-0.15, -0.1) is 0 Å². The van der Waals surface area contributed by atoms with E-state index in [2.05, 4.69) is 6.07 Å². The Morgan fingerprint density at radius 1 is 1.17 bits per heavy atom. The van der Waals surface area contributed by atoms with Crippen LogP contribution < -0.4 is 0 Å². The topological polar surface area (TPSA) is 87.2 Å². The van der Waals surface area contributed by atoms with E-state index < -0.39 is 11.0 Å². The van der Waals surface area contributed by atoms with Crippen molar-refractivity contribution < 1.29 is 9.72 Å². The number of nitrogens with zero attached hydrogens (tertiary/aromatic N) is 3. The summed E-state index contributed by atoms with van der Waals surface area (Å²) in [7, 11) is 0. The molecule has 6 heteroatoms. The zero-order chi connectivity index (χ0) is 16.4. The van der Waals surface area contributed by atoms with Crippen molar-refractivity contribution in [1.29, 1.82) is 5.26 Å². The quantitative estimate of drug-likeness (QED) is 0.629. The lowest BCUT2D eigenvalue weighted by Crippen LogP contribution is -2.31. The summed E-state index contributed by atoms with van der Waals surface area (Å²) in [6, 6.07) is 14.3. The van der Waals surface area contributed by atoms with Gasteiger partial charge in [0.15, 0.2) is 0 Å². The Hall–Kier alpha value is -3.46. The highest BCUT2D eigenvalue weighted by molar-refractivity contribution is 5.96. The molecule has 6 nitrogen and oxygen atoms in total. The Bertz CT molecular complexity index is 853. The number of hydrogen-bond donors (Lipinski definition) is 0. The van der Waals surface area contributed by atoms with Crippen LogP contribution in [0.2, 0.25) is 0 Å². The molecule has 112 valence electrons. The van der Waals surface area contributed by atoms with Crippen molar-refractivity contribution in [2.45, 2.75) is 6.04 Å².